The molecular formula is C14H13F3N2O. The van der Waals surface area contributed by atoms with Crippen LogP contribution >= 0.6 is 0 Å². The highest BCUT2D eigenvalue weighted by atomic mass is 19.4. The summed E-state index contributed by atoms with van der Waals surface area (Å²) in [6.07, 6.45) is -1.34. The van der Waals surface area contributed by atoms with Crippen molar-refractivity contribution >= 4 is 5.88 Å². The Morgan fingerprint density at radius 3 is 2.60 bits per heavy atom. The van der Waals surface area contributed by atoms with E-state index in [4.69, 9.17) is 10.3 Å². The Morgan fingerprint density at radius 2 is 2.00 bits per heavy atom. The third-order valence-electron chi connectivity index (χ3n) is 3.72. The molecular weight excluding hydrogens is 269 g/mol. The van der Waals surface area contributed by atoms with Crippen LogP contribution in [0.4, 0.5) is 19.1 Å². The second kappa shape index (κ2) is 4.54. The van der Waals surface area contributed by atoms with Crippen molar-refractivity contribution < 1.29 is 17.7 Å². The largest absolute Gasteiger partial charge is 0.416 e. The van der Waals surface area contributed by atoms with Gasteiger partial charge < -0.3 is 10.3 Å². The molecule has 3 nitrogen and oxygen atoms in total. The van der Waals surface area contributed by atoms with E-state index in [2.05, 4.69) is 5.16 Å². The Labute approximate surface area is 113 Å². The number of rotatable bonds is 2. The molecule has 2 N–H and O–H groups in total. The molecule has 3 rings (SSSR count). The summed E-state index contributed by atoms with van der Waals surface area (Å²) in [6, 6.07) is 5.09. The van der Waals surface area contributed by atoms with E-state index in [9.17, 15) is 13.2 Å². The van der Waals surface area contributed by atoms with Gasteiger partial charge in [0, 0.05) is 5.92 Å². The molecule has 1 aliphatic carbocycles. The first-order valence-corrected chi connectivity index (χ1v) is 6.39. The van der Waals surface area contributed by atoms with Crippen molar-refractivity contribution in [2.45, 2.75) is 31.4 Å². The van der Waals surface area contributed by atoms with E-state index in [1.165, 1.54) is 6.07 Å². The average Bonchev–Trinajstić information content (AvgIpc) is 2.68. The highest BCUT2D eigenvalue weighted by molar-refractivity contribution is 5.76. The van der Waals surface area contributed by atoms with E-state index >= 15 is 0 Å². The van der Waals surface area contributed by atoms with Crippen molar-refractivity contribution in [3.8, 4) is 11.1 Å². The lowest BCUT2D eigenvalue weighted by Gasteiger charge is -2.24. The lowest BCUT2D eigenvalue weighted by molar-refractivity contribution is -0.137. The summed E-state index contributed by atoms with van der Waals surface area (Å²) in [4.78, 5) is 0. The number of halogens is 3. The SMILES string of the molecule is Nc1onc(C2CCC2)c1-c1cccc(C(F)(F)F)c1. The van der Waals surface area contributed by atoms with Crippen LogP contribution in [0, 0.1) is 0 Å². The van der Waals surface area contributed by atoms with Crippen molar-refractivity contribution in [3.05, 3.63) is 35.5 Å². The molecule has 20 heavy (non-hydrogen) atoms. The summed E-state index contributed by atoms with van der Waals surface area (Å²) in [5.74, 6) is 0.312. The zero-order valence-electron chi connectivity index (χ0n) is 10.6. The molecule has 1 aromatic heterocycles. The summed E-state index contributed by atoms with van der Waals surface area (Å²) >= 11 is 0. The molecule has 1 aromatic carbocycles. The van der Waals surface area contributed by atoms with Gasteiger partial charge >= 0.3 is 6.18 Å². The smallest absolute Gasteiger partial charge is 0.367 e. The molecule has 2 aromatic rings. The first-order valence-electron chi connectivity index (χ1n) is 6.39. The maximum atomic E-state index is 12.8. The van der Waals surface area contributed by atoms with Crippen molar-refractivity contribution in [1.29, 1.82) is 0 Å². The van der Waals surface area contributed by atoms with Crippen LogP contribution < -0.4 is 5.73 Å². The van der Waals surface area contributed by atoms with Crippen LogP contribution in [0.15, 0.2) is 28.8 Å². The van der Waals surface area contributed by atoms with Crippen molar-refractivity contribution in [1.82, 2.24) is 5.16 Å². The quantitative estimate of drug-likeness (QED) is 0.897. The van der Waals surface area contributed by atoms with Gasteiger partial charge in [-0.2, -0.15) is 13.2 Å². The molecule has 0 amide bonds. The lowest BCUT2D eigenvalue weighted by Crippen LogP contribution is -2.10. The van der Waals surface area contributed by atoms with Crippen LogP contribution in [0.3, 0.4) is 0 Å². The third-order valence-corrected chi connectivity index (χ3v) is 3.72. The average molecular weight is 282 g/mol. The highest BCUT2D eigenvalue weighted by Crippen LogP contribution is 2.43. The molecule has 0 aliphatic heterocycles. The first-order chi connectivity index (χ1) is 9.47. The van der Waals surface area contributed by atoms with E-state index in [0.717, 1.165) is 31.4 Å². The van der Waals surface area contributed by atoms with Gasteiger partial charge in [-0.3, -0.25) is 0 Å². The number of anilines is 1. The number of benzene rings is 1. The van der Waals surface area contributed by atoms with Crippen LogP contribution in [0.2, 0.25) is 0 Å². The van der Waals surface area contributed by atoms with Crippen LogP contribution in [0.25, 0.3) is 11.1 Å². The number of hydrogen-bond acceptors (Lipinski definition) is 3. The number of hydrogen-bond donors (Lipinski definition) is 1. The van der Waals surface area contributed by atoms with Gasteiger partial charge in [0.2, 0.25) is 5.88 Å². The molecule has 0 bridgehead atoms. The molecule has 1 aliphatic rings. The minimum Gasteiger partial charge on any atom is -0.367 e. The molecule has 1 saturated carbocycles. The fourth-order valence-electron chi connectivity index (χ4n) is 2.42. The van der Waals surface area contributed by atoms with Crippen LogP contribution in [0.1, 0.15) is 36.4 Å². The maximum Gasteiger partial charge on any atom is 0.416 e. The second-order valence-corrected chi connectivity index (χ2v) is 5.01. The van der Waals surface area contributed by atoms with Gasteiger partial charge in [-0.05, 0) is 30.5 Å². The van der Waals surface area contributed by atoms with Gasteiger partial charge in [0.05, 0.1) is 16.8 Å². The Bertz CT molecular complexity index is 630. The van der Waals surface area contributed by atoms with E-state index < -0.39 is 11.7 Å². The highest BCUT2D eigenvalue weighted by Gasteiger charge is 2.32. The monoisotopic (exact) mass is 282 g/mol. The first kappa shape index (κ1) is 13.0. The molecule has 1 fully saturated rings. The predicted molar refractivity (Wildman–Crippen MR) is 67.9 cm³/mol. The van der Waals surface area contributed by atoms with E-state index in [-0.39, 0.29) is 11.8 Å². The minimum absolute atomic E-state index is 0.0752. The van der Waals surface area contributed by atoms with Gasteiger partial charge in [0.15, 0.2) is 0 Å². The summed E-state index contributed by atoms with van der Waals surface area (Å²) in [6.45, 7) is 0. The number of nitrogens with two attached hydrogens (primary N) is 1. The Kier molecular flexibility index (Phi) is 2.96. The fourth-order valence-corrected chi connectivity index (χ4v) is 2.42. The summed E-state index contributed by atoms with van der Waals surface area (Å²) in [5, 5.41) is 3.92. The van der Waals surface area contributed by atoms with E-state index in [0.29, 0.717) is 16.8 Å². The zero-order chi connectivity index (χ0) is 14.3. The standard InChI is InChI=1S/C14H13F3N2O/c15-14(16,17)10-6-2-5-9(7-10)11-12(8-3-1-4-8)19-20-13(11)18/h2,5-8H,1,3-4,18H2. The minimum atomic E-state index is -4.38. The Hall–Kier alpha value is -1.98. The topological polar surface area (TPSA) is 52.0 Å². The van der Waals surface area contributed by atoms with Gasteiger partial charge in [0.25, 0.3) is 0 Å². The molecule has 1 heterocycles. The summed E-state index contributed by atoms with van der Waals surface area (Å²) < 4.78 is 43.3. The molecule has 0 atom stereocenters. The van der Waals surface area contributed by atoms with Crippen molar-refractivity contribution in [3.63, 3.8) is 0 Å². The van der Waals surface area contributed by atoms with Gasteiger partial charge in [0.1, 0.15) is 0 Å². The Balaban J connectivity index is 2.07. The molecule has 6 heteroatoms. The van der Waals surface area contributed by atoms with E-state index in [1.807, 2.05) is 0 Å². The Morgan fingerprint density at radius 1 is 1.25 bits per heavy atom. The van der Waals surface area contributed by atoms with Gasteiger partial charge in [-0.25, -0.2) is 0 Å². The second-order valence-electron chi connectivity index (χ2n) is 5.01. The molecule has 0 saturated heterocycles. The van der Waals surface area contributed by atoms with Gasteiger partial charge in [-0.1, -0.05) is 23.7 Å². The van der Waals surface area contributed by atoms with E-state index in [1.54, 1.807) is 6.07 Å². The molecule has 0 unspecified atom stereocenters. The lowest BCUT2D eigenvalue weighted by atomic mass is 9.80. The number of nitrogen functional groups attached to an aromatic ring is 1. The number of alkyl halides is 3. The summed E-state index contributed by atoms with van der Waals surface area (Å²) in [7, 11) is 0. The summed E-state index contributed by atoms with van der Waals surface area (Å²) in [5.41, 5.74) is 6.62. The van der Waals surface area contributed by atoms with Crippen LogP contribution in [-0.2, 0) is 6.18 Å². The maximum absolute atomic E-state index is 12.8. The fraction of sp³-hybridized carbons (Fsp3) is 0.357. The molecule has 106 valence electrons. The van der Waals surface area contributed by atoms with Crippen molar-refractivity contribution in [2.75, 3.05) is 5.73 Å². The molecule has 0 spiro atoms. The van der Waals surface area contributed by atoms with Crippen LogP contribution in [0.5, 0.6) is 0 Å². The predicted octanol–water partition coefficient (Wildman–Crippen LogP) is 4.21. The molecule has 0 radical (unpaired) electrons. The van der Waals surface area contributed by atoms with Crippen LogP contribution in [-0.4, -0.2) is 5.16 Å². The van der Waals surface area contributed by atoms with Gasteiger partial charge in [-0.15, -0.1) is 0 Å². The number of nitrogens with zero attached hydrogens (tertiary/aromatic N) is 1. The number of aromatic nitrogens is 1. The zero-order valence-corrected chi connectivity index (χ0v) is 10.6. The third kappa shape index (κ3) is 2.15. The normalized spacial score (nSPS) is 16.1. The van der Waals surface area contributed by atoms with Crippen molar-refractivity contribution in [2.24, 2.45) is 0 Å².